The van der Waals surface area contributed by atoms with Gasteiger partial charge in [-0.3, -0.25) is 4.79 Å². The summed E-state index contributed by atoms with van der Waals surface area (Å²) < 4.78 is 0. The highest BCUT2D eigenvalue weighted by Crippen LogP contribution is 2.08. The summed E-state index contributed by atoms with van der Waals surface area (Å²) in [4.78, 5) is 33.6. The van der Waals surface area contributed by atoms with E-state index in [1.54, 1.807) is 6.92 Å². The van der Waals surface area contributed by atoms with Crippen LogP contribution in [0.2, 0.25) is 0 Å². The van der Waals surface area contributed by atoms with Crippen molar-refractivity contribution in [2.75, 3.05) is 6.54 Å². The van der Waals surface area contributed by atoms with Crippen LogP contribution in [0.15, 0.2) is 0 Å². The maximum Gasteiger partial charge on any atom is 0.326 e. The third-order valence-corrected chi connectivity index (χ3v) is 3.36. The van der Waals surface area contributed by atoms with Crippen LogP contribution < -0.4 is 16.0 Å². The number of aliphatic carboxylic acids is 1. The molecule has 0 aromatic rings. The van der Waals surface area contributed by atoms with E-state index in [1.807, 2.05) is 6.92 Å². The van der Waals surface area contributed by atoms with Gasteiger partial charge in [-0.15, -0.1) is 0 Å². The highest BCUT2D eigenvalue weighted by Gasteiger charge is 2.26. The first-order chi connectivity index (χ1) is 8.93. The van der Waals surface area contributed by atoms with Gasteiger partial charge in [0.15, 0.2) is 0 Å². The molecule has 2 unspecified atom stereocenters. The number of carbonyl (C=O) groups is 3. The van der Waals surface area contributed by atoms with E-state index < -0.39 is 18.0 Å². The van der Waals surface area contributed by atoms with Gasteiger partial charge in [0.05, 0.1) is 0 Å². The lowest BCUT2D eigenvalue weighted by Crippen LogP contribution is -2.51. The predicted octanol–water partition coefficient (Wildman–Crippen LogP) is 0.0635. The highest BCUT2D eigenvalue weighted by molar-refractivity contribution is 5.83. The zero-order valence-corrected chi connectivity index (χ0v) is 11.2. The molecule has 0 bridgehead atoms. The summed E-state index contributed by atoms with van der Waals surface area (Å²) in [7, 11) is 0. The second-order valence-electron chi connectivity index (χ2n) is 4.86. The van der Waals surface area contributed by atoms with Gasteiger partial charge in [-0.05, 0) is 12.3 Å². The van der Waals surface area contributed by atoms with Gasteiger partial charge >= 0.3 is 12.0 Å². The van der Waals surface area contributed by atoms with E-state index in [-0.39, 0.29) is 17.9 Å². The minimum Gasteiger partial charge on any atom is -0.480 e. The van der Waals surface area contributed by atoms with Gasteiger partial charge in [0.1, 0.15) is 6.04 Å². The van der Waals surface area contributed by atoms with Crippen molar-refractivity contribution in [3.05, 3.63) is 0 Å². The summed E-state index contributed by atoms with van der Waals surface area (Å²) in [6.07, 6.45) is 1.82. The quantitative estimate of drug-likeness (QED) is 0.548. The third-order valence-electron chi connectivity index (χ3n) is 3.36. The van der Waals surface area contributed by atoms with E-state index in [2.05, 4.69) is 16.0 Å². The van der Waals surface area contributed by atoms with Crippen molar-refractivity contribution in [1.82, 2.24) is 16.0 Å². The molecule has 1 fully saturated rings. The Morgan fingerprint density at radius 3 is 2.68 bits per heavy atom. The zero-order chi connectivity index (χ0) is 14.4. The summed E-state index contributed by atoms with van der Waals surface area (Å²) >= 11 is 0. The Hall–Kier alpha value is -1.79. The van der Waals surface area contributed by atoms with Crippen molar-refractivity contribution >= 4 is 17.9 Å². The molecular weight excluding hydrogens is 250 g/mol. The fraction of sp³-hybridized carbons (Fsp3) is 0.750. The fourth-order valence-electron chi connectivity index (χ4n) is 1.92. The molecule has 1 saturated heterocycles. The molecule has 3 amide bonds. The second kappa shape index (κ2) is 6.96. The Bertz CT molecular complexity index is 359. The second-order valence-corrected chi connectivity index (χ2v) is 4.86. The Morgan fingerprint density at radius 1 is 1.53 bits per heavy atom. The Morgan fingerprint density at radius 2 is 2.21 bits per heavy atom. The maximum absolute atomic E-state index is 11.6. The molecule has 1 heterocycles. The van der Waals surface area contributed by atoms with Crippen molar-refractivity contribution in [1.29, 1.82) is 0 Å². The number of amides is 3. The lowest BCUT2D eigenvalue weighted by atomic mass is 9.99. The van der Waals surface area contributed by atoms with E-state index in [9.17, 15) is 14.4 Å². The average molecular weight is 271 g/mol. The SMILES string of the molecule is CCC(C)[C@H](NC(=O)NCC1CCC(=O)N1)C(=O)O. The molecule has 1 aliphatic heterocycles. The largest absolute Gasteiger partial charge is 0.480 e. The summed E-state index contributed by atoms with van der Waals surface area (Å²) in [6, 6.07) is -1.48. The molecule has 0 spiro atoms. The molecule has 0 aliphatic carbocycles. The van der Waals surface area contributed by atoms with Crippen LogP contribution >= 0.6 is 0 Å². The van der Waals surface area contributed by atoms with Crippen LogP contribution in [-0.2, 0) is 9.59 Å². The normalized spacial score (nSPS) is 21.4. The number of urea groups is 1. The van der Waals surface area contributed by atoms with Crippen LogP contribution in [0.4, 0.5) is 4.79 Å². The predicted molar refractivity (Wildman–Crippen MR) is 68.6 cm³/mol. The Balaban J connectivity index is 2.36. The van der Waals surface area contributed by atoms with Gasteiger partial charge in [0.25, 0.3) is 0 Å². The summed E-state index contributed by atoms with van der Waals surface area (Å²) in [5, 5.41) is 16.8. The molecular formula is C12H21N3O4. The van der Waals surface area contributed by atoms with Crippen LogP contribution in [0, 0.1) is 5.92 Å². The lowest BCUT2D eigenvalue weighted by molar-refractivity contribution is -0.140. The van der Waals surface area contributed by atoms with Crippen molar-refractivity contribution in [2.45, 2.75) is 45.2 Å². The van der Waals surface area contributed by atoms with Crippen LogP contribution in [0.25, 0.3) is 0 Å². The molecule has 0 saturated carbocycles. The summed E-state index contributed by atoms with van der Waals surface area (Å²) in [5.41, 5.74) is 0. The molecule has 0 radical (unpaired) electrons. The molecule has 0 aromatic heterocycles. The number of carboxylic acid groups (broad SMARTS) is 1. The van der Waals surface area contributed by atoms with Gasteiger partial charge < -0.3 is 21.1 Å². The first kappa shape index (κ1) is 15.3. The minimum absolute atomic E-state index is 0.0183. The molecule has 1 rings (SSSR count). The molecule has 4 N–H and O–H groups in total. The fourth-order valence-corrected chi connectivity index (χ4v) is 1.92. The topological polar surface area (TPSA) is 108 Å². The molecule has 3 atom stereocenters. The van der Waals surface area contributed by atoms with Gasteiger partial charge in [-0.1, -0.05) is 20.3 Å². The molecule has 108 valence electrons. The van der Waals surface area contributed by atoms with Crippen molar-refractivity contribution < 1.29 is 19.5 Å². The maximum atomic E-state index is 11.6. The van der Waals surface area contributed by atoms with Crippen molar-refractivity contribution in [2.24, 2.45) is 5.92 Å². The molecule has 0 aromatic carbocycles. The number of carbonyl (C=O) groups excluding carboxylic acids is 2. The Labute approximate surface area is 112 Å². The van der Waals surface area contributed by atoms with Crippen LogP contribution in [0.5, 0.6) is 0 Å². The smallest absolute Gasteiger partial charge is 0.326 e. The summed E-state index contributed by atoms with van der Waals surface area (Å²) in [6.45, 7) is 3.95. The van der Waals surface area contributed by atoms with Gasteiger partial charge in [-0.2, -0.15) is 0 Å². The van der Waals surface area contributed by atoms with Gasteiger partial charge in [0, 0.05) is 19.0 Å². The number of carboxylic acids is 1. The average Bonchev–Trinajstić information content (AvgIpc) is 2.78. The van der Waals surface area contributed by atoms with E-state index in [1.165, 1.54) is 0 Å². The van der Waals surface area contributed by atoms with Crippen molar-refractivity contribution in [3.63, 3.8) is 0 Å². The number of nitrogens with one attached hydrogen (secondary N) is 3. The lowest BCUT2D eigenvalue weighted by Gasteiger charge is -2.21. The zero-order valence-electron chi connectivity index (χ0n) is 11.2. The van der Waals surface area contributed by atoms with Crippen molar-refractivity contribution in [3.8, 4) is 0 Å². The molecule has 1 aliphatic rings. The van der Waals surface area contributed by atoms with E-state index in [0.29, 0.717) is 25.8 Å². The number of hydrogen-bond donors (Lipinski definition) is 4. The molecule has 7 heteroatoms. The minimum atomic E-state index is -1.04. The van der Waals surface area contributed by atoms with E-state index in [4.69, 9.17) is 5.11 Å². The standard InChI is InChI=1S/C12H21N3O4/c1-3-7(2)10(11(17)18)15-12(19)13-6-8-4-5-9(16)14-8/h7-8,10H,3-6H2,1-2H3,(H,14,16)(H,17,18)(H2,13,15,19)/t7?,8?,10-/m0/s1. The van der Waals surface area contributed by atoms with E-state index in [0.717, 1.165) is 0 Å². The molecule has 19 heavy (non-hydrogen) atoms. The Kier molecular flexibility index (Phi) is 5.59. The summed E-state index contributed by atoms with van der Waals surface area (Å²) in [5.74, 6) is -1.21. The number of hydrogen-bond acceptors (Lipinski definition) is 3. The monoisotopic (exact) mass is 271 g/mol. The van der Waals surface area contributed by atoms with Crippen LogP contribution in [-0.4, -0.2) is 41.6 Å². The molecule has 7 nitrogen and oxygen atoms in total. The first-order valence-electron chi connectivity index (χ1n) is 6.50. The van der Waals surface area contributed by atoms with Crippen LogP contribution in [0.1, 0.15) is 33.1 Å². The highest BCUT2D eigenvalue weighted by atomic mass is 16.4. The van der Waals surface area contributed by atoms with Gasteiger partial charge in [-0.25, -0.2) is 9.59 Å². The van der Waals surface area contributed by atoms with Gasteiger partial charge in [0.2, 0.25) is 5.91 Å². The van der Waals surface area contributed by atoms with Crippen LogP contribution in [0.3, 0.4) is 0 Å². The van der Waals surface area contributed by atoms with E-state index >= 15 is 0 Å². The first-order valence-corrected chi connectivity index (χ1v) is 6.50. The third kappa shape index (κ3) is 4.76. The number of rotatable bonds is 6.